The molecule has 1 N–H and O–H groups in total. The standard InChI is InChI=1S/C12H17F3O2/c1-7(2)5-6-9(8(3)4)10(16)11(17)12(13,14)15/h5,9-10,16H,3,6H2,1-2,4H3/t9-,10?/m1/s1. The summed E-state index contributed by atoms with van der Waals surface area (Å²) in [6.45, 7) is 8.58. The molecule has 1 unspecified atom stereocenters. The van der Waals surface area contributed by atoms with Crippen LogP contribution in [-0.2, 0) is 4.79 Å². The maximum absolute atomic E-state index is 12.2. The molecule has 98 valence electrons. The van der Waals surface area contributed by atoms with Crippen molar-refractivity contribution in [3.05, 3.63) is 23.8 Å². The Bertz CT molecular complexity index is 325. The first-order valence-electron chi connectivity index (χ1n) is 5.15. The van der Waals surface area contributed by atoms with E-state index in [9.17, 15) is 23.1 Å². The summed E-state index contributed by atoms with van der Waals surface area (Å²) >= 11 is 0. The fraction of sp³-hybridized carbons (Fsp3) is 0.583. The summed E-state index contributed by atoms with van der Waals surface area (Å²) in [5.41, 5.74) is 1.26. The molecule has 0 aliphatic carbocycles. The van der Waals surface area contributed by atoms with Crippen molar-refractivity contribution in [3.63, 3.8) is 0 Å². The van der Waals surface area contributed by atoms with Crippen LogP contribution in [-0.4, -0.2) is 23.2 Å². The van der Waals surface area contributed by atoms with Crippen LogP contribution in [0.15, 0.2) is 23.8 Å². The second-order valence-electron chi connectivity index (χ2n) is 4.28. The number of alkyl halides is 3. The Labute approximate surface area is 98.8 Å². The topological polar surface area (TPSA) is 37.3 Å². The van der Waals surface area contributed by atoms with Crippen LogP contribution in [0.2, 0.25) is 0 Å². The van der Waals surface area contributed by atoms with Gasteiger partial charge in [0.25, 0.3) is 5.78 Å². The van der Waals surface area contributed by atoms with Crippen LogP contribution in [0.5, 0.6) is 0 Å². The smallest absolute Gasteiger partial charge is 0.384 e. The Hall–Kier alpha value is -1.10. The number of rotatable bonds is 5. The molecular formula is C12H17F3O2. The van der Waals surface area contributed by atoms with Crippen LogP contribution in [0.3, 0.4) is 0 Å². The molecule has 0 heterocycles. The number of hydrogen-bond acceptors (Lipinski definition) is 2. The molecule has 0 aromatic heterocycles. The molecule has 2 nitrogen and oxygen atoms in total. The zero-order chi connectivity index (χ0) is 13.8. The zero-order valence-corrected chi connectivity index (χ0v) is 10.1. The zero-order valence-electron chi connectivity index (χ0n) is 10.1. The predicted octanol–water partition coefficient (Wildman–Crippen LogP) is 3.03. The molecule has 0 aliphatic heterocycles. The molecule has 0 saturated heterocycles. The largest absolute Gasteiger partial charge is 0.452 e. The number of ketones is 1. The van der Waals surface area contributed by atoms with E-state index in [0.29, 0.717) is 5.57 Å². The average molecular weight is 250 g/mol. The first kappa shape index (κ1) is 15.9. The highest BCUT2D eigenvalue weighted by Crippen LogP contribution is 2.26. The van der Waals surface area contributed by atoms with Crippen LogP contribution in [0.4, 0.5) is 13.2 Å². The molecule has 5 heteroatoms. The van der Waals surface area contributed by atoms with Gasteiger partial charge in [-0.3, -0.25) is 4.79 Å². The minimum absolute atomic E-state index is 0.167. The van der Waals surface area contributed by atoms with Gasteiger partial charge in [-0.05, 0) is 27.2 Å². The first-order valence-corrected chi connectivity index (χ1v) is 5.15. The van der Waals surface area contributed by atoms with Crippen molar-refractivity contribution in [2.24, 2.45) is 5.92 Å². The Balaban J connectivity index is 4.90. The number of carbonyl (C=O) groups excluding carboxylic acids is 1. The lowest BCUT2D eigenvalue weighted by molar-refractivity contribution is -0.181. The maximum atomic E-state index is 12.2. The number of aliphatic hydroxyl groups is 1. The molecule has 0 bridgehead atoms. The molecule has 0 saturated carbocycles. The molecule has 0 aromatic rings. The van der Waals surface area contributed by atoms with Crippen LogP contribution < -0.4 is 0 Å². The summed E-state index contributed by atoms with van der Waals surface area (Å²) in [6, 6.07) is 0. The predicted molar refractivity (Wildman–Crippen MR) is 59.4 cm³/mol. The molecule has 0 spiro atoms. The number of hydrogen-bond donors (Lipinski definition) is 1. The highest BCUT2D eigenvalue weighted by molar-refractivity contribution is 5.88. The van der Waals surface area contributed by atoms with Crippen molar-refractivity contribution >= 4 is 5.78 Å². The van der Waals surface area contributed by atoms with E-state index in [1.54, 1.807) is 19.9 Å². The van der Waals surface area contributed by atoms with Crippen LogP contribution in [0.25, 0.3) is 0 Å². The van der Waals surface area contributed by atoms with Gasteiger partial charge >= 0.3 is 6.18 Å². The van der Waals surface area contributed by atoms with Gasteiger partial charge in [-0.2, -0.15) is 13.2 Å². The second kappa shape index (κ2) is 6.00. The van der Waals surface area contributed by atoms with Crippen molar-refractivity contribution in [1.82, 2.24) is 0 Å². The molecule has 0 radical (unpaired) electrons. The van der Waals surface area contributed by atoms with Crippen LogP contribution in [0, 0.1) is 5.92 Å². The van der Waals surface area contributed by atoms with E-state index in [4.69, 9.17) is 0 Å². The average Bonchev–Trinajstić information content (AvgIpc) is 2.13. The van der Waals surface area contributed by atoms with Crippen molar-refractivity contribution in [3.8, 4) is 0 Å². The van der Waals surface area contributed by atoms with Gasteiger partial charge in [0.1, 0.15) is 6.10 Å². The molecular weight excluding hydrogens is 233 g/mol. The maximum Gasteiger partial charge on any atom is 0.452 e. The highest BCUT2D eigenvalue weighted by atomic mass is 19.4. The van der Waals surface area contributed by atoms with Crippen molar-refractivity contribution in [2.45, 2.75) is 39.5 Å². The Morgan fingerprint density at radius 2 is 1.82 bits per heavy atom. The third kappa shape index (κ3) is 5.17. The number of allylic oxidation sites excluding steroid dienone is 2. The third-order valence-electron chi connectivity index (χ3n) is 2.34. The van der Waals surface area contributed by atoms with Gasteiger partial charge in [0.15, 0.2) is 0 Å². The van der Waals surface area contributed by atoms with Gasteiger partial charge in [-0.1, -0.05) is 23.8 Å². The summed E-state index contributed by atoms with van der Waals surface area (Å²) in [7, 11) is 0. The second-order valence-corrected chi connectivity index (χ2v) is 4.28. The lowest BCUT2D eigenvalue weighted by atomic mass is 9.89. The van der Waals surface area contributed by atoms with E-state index >= 15 is 0 Å². The van der Waals surface area contributed by atoms with Gasteiger partial charge in [-0.15, -0.1) is 0 Å². The highest BCUT2D eigenvalue weighted by Gasteiger charge is 2.45. The van der Waals surface area contributed by atoms with E-state index < -0.39 is 24.0 Å². The quantitative estimate of drug-likeness (QED) is 0.761. The van der Waals surface area contributed by atoms with E-state index in [0.717, 1.165) is 5.57 Å². The summed E-state index contributed by atoms with van der Waals surface area (Å²) in [6.07, 6.45) is -5.26. The normalized spacial score (nSPS) is 15.0. The Kier molecular flexibility index (Phi) is 5.61. The SMILES string of the molecule is C=C(C)[C@@H](CC=C(C)C)C(O)C(=O)C(F)(F)F. The van der Waals surface area contributed by atoms with Gasteiger partial charge in [0, 0.05) is 5.92 Å². The molecule has 17 heavy (non-hydrogen) atoms. The molecule has 0 amide bonds. The van der Waals surface area contributed by atoms with E-state index in [1.807, 2.05) is 0 Å². The Morgan fingerprint density at radius 3 is 2.12 bits per heavy atom. The minimum atomic E-state index is -5.02. The first-order chi connectivity index (χ1) is 7.57. The molecule has 0 aromatic carbocycles. The summed E-state index contributed by atoms with van der Waals surface area (Å²) in [5.74, 6) is -3.02. The van der Waals surface area contributed by atoms with Crippen molar-refractivity contribution in [2.75, 3.05) is 0 Å². The van der Waals surface area contributed by atoms with Crippen LogP contribution in [0.1, 0.15) is 27.2 Å². The number of aliphatic hydroxyl groups excluding tert-OH is 1. The molecule has 0 rings (SSSR count). The number of halogens is 3. The van der Waals surface area contributed by atoms with E-state index in [-0.39, 0.29) is 6.42 Å². The number of Topliss-reactive ketones (excluding diaryl/α,β-unsaturated/α-hetero) is 1. The Morgan fingerprint density at radius 1 is 1.35 bits per heavy atom. The van der Waals surface area contributed by atoms with E-state index in [2.05, 4.69) is 6.58 Å². The fourth-order valence-electron chi connectivity index (χ4n) is 1.31. The number of carbonyl (C=O) groups is 1. The van der Waals surface area contributed by atoms with Gasteiger partial charge in [-0.25, -0.2) is 0 Å². The van der Waals surface area contributed by atoms with E-state index in [1.165, 1.54) is 6.92 Å². The summed E-state index contributed by atoms with van der Waals surface area (Å²) in [4.78, 5) is 10.9. The summed E-state index contributed by atoms with van der Waals surface area (Å²) < 4.78 is 36.5. The third-order valence-corrected chi connectivity index (χ3v) is 2.34. The fourth-order valence-corrected chi connectivity index (χ4v) is 1.31. The van der Waals surface area contributed by atoms with Crippen molar-refractivity contribution < 1.29 is 23.1 Å². The molecule has 0 fully saturated rings. The van der Waals surface area contributed by atoms with Crippen molar-refractivity contribution in [1.29, 1.82) is 0 Å². The molecule has 2 atom stereocenters. The molecule has 0 aliphatic rings. The monoisotopic (exact) mass is 250 g/mol. The van der Waals surface area contributed by atoms with Gasteiger partial charge in [0.2, 0.25) is 0 Å². The lowest BCUT2D eigenvalue weighted by Gasteiger charge is -2.22. The van der Waals surface area contributed by atoms with Crippen LogP contribution >= 0.6 is 0 Å². The van der Waals surface area contributed by atoms with Gasteiger partial charge in [0.05, 0.1) is 0 Å². The minimum Gasteiger partial charge on any atom is -0.384 e. The lowest BCUT2D eigenvalue weighted by Crippen LogP contribution is -2.39. The van der Waals surface area contributed by atoms with Gasteiger partial charge < -0.3 is 5.11 Å². The summed E-state index contributed by atoms with van der Waals surface area (Å²) in [5, 5.41) is 9.44.